The molecule has 2 aromatic carbocycles. The lowest BCUT2D eigenvalue weighted by molar-refractivity contribution is -0.254. The first-order chi connectivity index (χ1) is 12.7. The second kappa shape index (κ2) is 7.13. The first kappa shape index (κ1) is 16.5. The van der Waals surface area contributed by atoms with Crippen LogP contribution in [0, 0.1) is 0 Å². The molecule has 2 aliphatic rings. The Morgan fingerprint density at radius 2 is 1.88 bits per heavy atom. The number of nitrogens with zero attached hydrogens (tertiary/aromatic N) is 1. The van der Waals surface area contributed by atoms with Crippen molar-refractivity contribution in [1.29, 1.82) is 0 Å². The Kier molecular flexibility index (Phi) is 4.53. The summed E-state index contributed by atoms with van der Waals surface area (Å²) in [6, 6.07) is 11.0. The predicted octanol–water partition coefficient (Wildman–Crippen LogP) is 1.23. The fourth-order valence-electron chi connectivity index (χ4n) is 3.14. The fraction of sp³-hybridized carbons (Fsp3) is 0.316. The number of nitrogens with one attached hydrogen (secondary N) is 1. The van der Waals surface area contributed by atoms with Gasteiger partial charge in [-0.3, -0.25) is 0 Å². The average molecular weight is 355 g/mol. The van der Waals surface area contributed by atoms with Gasteiger partial charge in [0.15, 0.2) is 11.5 Å². The molecule has 1 fully saturated rings. The molecule has 4 rings (SSSR count). The maximum Gasteiger partial charge on any atom is 0.231 e. The van der Waals surface area contributed by atoms with Crippen LogP contribution in [0.4, 0.5) is 11.4 Å². The third-order valence-corrected chi connectivity index (χ3v) is 4.50. The van der Waals surface area contributed by atoms with Crippen molar-refractivity contribution >= 4 is 17.3 Å². The van der Waals surface area contributed by atoms with Gasteiger partial charge >= 0.3 is 0 Å². The highest BCUT2D eigenvalue weighted by Crippen LogP contribution is 2.33. The molecule has 0 bridgehead atoms. The number of aromatic carboxylic acids is 1. The molecule has 2 heterocycles. The molecule has 0 radical (unpaired) electrons. The van der Waals surface area contributed by atoms with Gasteiger partial charge in [-0.15, -0.1) is 0 Å². The van der Waals surface area contributed by atoms with E-state index in [2.05, 4.69) is 5.32 Å². The number of carbonyl (C=O) groups is 1. The number of hydrogen-bond acceptors (Lipinski definition) is 7. The third-order valence-electron chi connectivity index (χ3n) is 4.50. The lowest BCUT2D eigenvalue weighted by Gasteiger charge is -2.31. The Hall–Kier alpha value is -2.93. The summed E-state index contributed by atoms with van der Waals surface area (Å²) in [6.45, 7) is 3.31. The monoisotopic (exact) mass is 355 g/mol. The molecule has 2 aromatic rings. The van der Waals surface area contributed by atoms with Crippen LogP contribution >= 0.6 is 0 Å². The Bertz CT molecular complexity index is 818. The molecule has 0 amide bonds. The summed E-state index contributed by atoms with van der Waals surface area (Å²) >= 11 is 0. The van der Waals surface area contributed by atoms with E-state index in [1.807, 2.05) is 35.2 Å². The smallest absolute Gasteiger partial charge is 0.231 e. The van der Waals surface area contributed by atoms with Crippen LogP contribution in [0.25, 0.3) is 0 Å². The average Bonchev–Trinajstić information content (AvgIpc) is 3.14. The molecule has 0 unspecified atom stereocenters. The van der Waals surface area contributed by atoms with Crippen molar-refractivity contribution in [2.45, 2.75) is 6.54 Å². The van der Waals surface area contributed by atoms with Crippen molar-refractivity contribution in [3.8, 4) is 11.5 Å². The fourth-order valence-corrected chi connectivity index (χ4v) is 3.14. The Morgan fingerprint density at radius 1 is 1.08 bits per heavy atom. The molecule has 0 saturated carbocycles. The van der Waals surface area contributed by atoms with E-state index in [0.29, 0.717) is 38.5 Å². The summed E-state index contributed by atoms with van der Waals surface area (Å²) in [6.07, 6.45) is 0. The molecule has 7 heteroatoms. The van der Waals surface area contributed by atoms with Crippen molar-refractivity contribution in [3.05, 3.63) is 47.5 Å². The molecular formula is C19H19N2O5-. The topological polar surface area (TPSA) is 83.1 Å². The predicted molar refractivity (Wildman–Crippen MR) is 93.7 cm³/mol. The van der Waals surface area contributed by atoms with Gasteiger partial charge < -0.3 is 34.3 Å². The van der Waals surface area contributed by atoms with Gasteiger partial charge in [-0.25, -0.2) is 0 Å². The van der Waals surface area contributed by atoms with Gasteiger partial charge in [-0.2, -0.15) is 0 Å². The van der Waals surface area contributed by atoms with E-state index in [0.717, 1.165) is 22.7 Å². The maximum absolute atomic E-state index is 11.6. The largest absolute Gasteiger partial charge is 0.545 e. The van der Waals surface area contributed by atoms with E-state index in [-0.39, 0.29) is 12.4 Å². The van der Waals surface area contributed by atoms with Gasteiger partial charge in [0, 0.05) is 36.6 Å². The number of carboxylic acids is 1. The zero-order chi connectivity index (χ0) is 17.9. The highest BCUT2D eigenvalue weighted by Gasteiger charge is 2.16. The van der Waals surface area contributed by atoms with E-state index in [1.165, 1.54) is 0 Å². The second-order valence-corrected chi connectivity index (χ2v) is 6.16. The van der Waals surface area contributed by atoms with E-state index >= 15 is 0 Å². The molecule has 7 nitrogen and oxygen atoms in total. The van der Waals surface area contributed by atoms with Gasteiger partial charge in [0.05, 0.1) is 19.2 Å². The second-order valence-electron chi connectivity index (χ2n) is 6.16. The van der Waals surface area contributed by atoms with Crippen LogP contribution in [0.3, 0.4) is 0 Å². The summed E-state index contributed by atoms with van der Waals surface area (Å²) < 4.78 is 16.0. The molecule has 1 saturated heterocycles. The number of hydrogen-bond donors (Lipinski definition) is 1. The number of carboxylic acid groups (broad SMARTS) is 1. The number of ether oxygens (including phenoxy) is 3. The number of rotatable bonds is 5. The zero-order valence-electron chi connectivity index (χ0n) is 14.2. The van der Waals surface area contributed by atoms with E-state index in [9.17, 15) is 9.90 Å². The zero-order valence-corrected chi connectivity index (χ0v) is 14.2. The number of fused-ring (bicyclic) bond motifs is 1. The van der Waals surface area contributed by atoms with Crippen molar-refractivity contribution in [2.24, 2.45) is 0 Å². The van der Waals surface area contributed by atoms with Crippen LogP contribution in [-0.2, 0) is 11.3 Å². The molecule has 0 aromatic heterocycles. The first-order valence-electron chi connectivity index (χ1n) is 8.51. The van der Waals surface area contributed by atoms with Crippen molar-refractivity contribution in [2.75, 3.05) is 43.3 Å². The summed E-state index contributed by atoms with van der Waals surface area (Å²) in [5.41, 5.74) is 2.59. The first-order valence-corrected chi connectivity index (χ1v) is 8.51. The lowest BCUT2D eigenvalue weighted by atomic mass is 10.1. The summed E-state index contributed by atoms with van der Waals surface area (Å²) in [7, 11) is 0. The molecular weight excluding hydrogens is 336 g/mol. The molecule has 0 atom stereocenters. The Morgan fingerprint density at radius 3 is 2.69 bits per heavy atom. The van der Waals surface area contributed by atoms with E-state index in [1.54, 1.807) is 6.07 Å². The van der Waals surface area contributed by atoms with Gasteiger partial charge in [0.1, 0.15) is 0 Å². The van der Waals surface area contributed by atoms with E-state index in [4.69, 9.17) is 14.2 Å². The van der Waals surface area contributed by atoms with Gasteiger partial charge in [-0.05, 0) is 35.9 Å². The van der Waals surface area contributed by atoms with Crippen LogP contribution in [-0.4, -0.2) is 39.1 Å². The van der Waals surface area contributed by atoms with Crippen molar-refractivity contribution < 1.29 is 24.1 Å². The van der Waals surface area contributed by atoms with Crippen molar-refractivity contribution in [1.82, 2.24) is 0 Å². The van der Waals surface area contributed by atoms with Crippen molar-refractivity contribution in [3.63, 3.8) is 0 Å². The number of carbonyl (C=O) groups excluding carboxylic acids is 1. The van der Waals surface area contributed by atoms with Gasteiger partial charge in [0.2, 0.25) is 6.79 Å². The molecule has 1 N–H and O–H groups in total. The Labute approximate surface area is 151 Å². The summed E-state index contributed by atoms with van der Waals surface area (Å²) in [4.78, 5) is 13.6. The van der Waals surface area contributed by atoms with Gasteiger partial charge in [-0.1, -0.05) is 6.07 Å². The van der Waals surface area contributed by atoms with Crippen LogP contribution in [0.1, 0.15) is 15.9 Å². The van der Waals surface area contributed by atoms with E-state index < -0.39 is 5.97 Å². The maximum atomic E-state index is 11.6. The molecule has 0 aliphatic carbocycles. The highest BCUT2D eigenvalue weighted by atomic mass is 16.7. The summed E-state index contributed by atoms with van der Waals surface area (Å²) in [5.74, 6) is 0.281. The SMILES string of the molecule is O=C([O-])c1cc(NCc2ccc3c(c2)OCO3)ccc1N1CCOCC1. The molecule has 26 heavy (non-hydrogen) atoms. The standard InChI is InChI=1S/C19H20N2O5/c22-19(23)15-10-14(2-3-16(15)21-5-7-24-8-6-21)20-11-13-1-4-17-18(9-13)26-12-25-17/h1-4,9-10,20H,5-8,11-12H2,(H,22,23)/p-1. The van der Waals surface area contributed by atoms with Crippen LogP contribution in [0.2, 0.25) is 0 Å². The quantitative estimate of drug-likeness (QED) is 0.864. The molecule has 0 spiro atoms. The molecule has 2 aliphatic heterocycles. The normalized spacial score (nSPS) is 15.8. The minimum absolute atomic E-state index is 0.183. The molecule has 136 valence electrons. The Balaban J connectivity index is 1.50. The minimum Gasteiger partial charge on any atom is -0.545 e. The van der Waals surface area contributed by atoms with Crippen LogP contribution in [0.15, 0.2) is 36.4 Å². The number of anilines is 2. The van der Waals surface area contributed by atoms with Crippen LogP contribution in [0.5, 0.6) is 11.5 Å². The highest BCUT2D eigenvalue weighted by molar-refractivity contribution is 5.94. The van der Waals surface area contributed by atoms with Gasteiger partial charge in [0.25, 0.3) is 0 Å². The minimum atomic E-state index is -1.18. The summed E-state index contributed by atoms with van der Waals surface area (Å²) in [5, 5.41) is 14.8. The lowest BCUT2D eigenvalue weighted by Crippen LogP contribution is -2.38. The number of benzene rings is 2. The number of morpholine rings is 1. The third kappa shape index (κ3) is 3.39. The van der Waals surface area contributed by atoms with Crippen LogP contribution < -0.4 is 24.8 Å².